The van der Waals surface area contributed by atoms with E-state index in [0.717, 1.165) is 38.4 Å². The van der Waals surface area contributed by atoms with Gasteiger partial charge in [-0.3, -0.25) is 9.69 Å². The molecule has 17 heteroatoms. The van der Waals surface area contributed by atoms with Gasteiger partial charge in [0.2, 0.25) is 0 Å². The van der Waals surface area contributed by atoms with Crippen molar-refractivity contribution in [3.63, 3.8) is 0 Å². The maximum Gasteiger partial charge on any atom is 0.490 e. The summed E-state index contributed by atoms with van der Waals surface area (Å²) in [6.07, 6.45) is -2.26. The van der Waals surface area contributed by atoms with E-state index < -0.39 is 24.3 Å². The number of hydrogen-bond donors (Lipinski definition) is 2. The minimum absolute atomic E-state index is 0.00105. The lowest BCUT2D eigenvalue weighted by atomic mass is 9.87. The maximum absolute atomic E-state index is 12.7. The Bertz CT molecular complexity index is 1080. The van der Waals surface area contributed by atoms with E-state index in [0.29, 0.717) is 25.3 Å². The fourth-order valence-electron chi connectivity index (χ4n) is 3.89. The molecule has 4 heterocycles. The Morgan fingerprint density at radius 2 is 1.67 bits per heavy atom. The molecule has 2 aromatic rings. The molecule has 0 bridgehead atoms. The van der Waals surface area contributed by atoms with E-state index in [9.17, 15) is 31.1 Å². The molecule has 2 aliphatic rings. The summed E-state index contributed by atoms with van der Waals surface area (Å²) in [5.41, 5.74) is 0.612. The number of nitrogens with zero attached hydrogens (tertiary/aromatic N) is 4. The number of carbonyl (C=O) groups excluding carboxylic acids is 1. The van der Waals surface area contributed by atoms with Gasteiger partial charge < -0.3 is 28.8 Å². The van der Waals surface area contributed by atoms with E-state index >= 15 is 0 Å². The van der Waals surface area contributed by atoms with Crippen LogP contribution in [0.25, 0.3) is 0 Å². The number of aromatic nitrogens is 2. The normalized spacial score (nSPS) is 19.9. The van der Waals surface area contributed by atoms with Crippen LogP contribution in [0.3, 0.4) is 0 Å². The van der Waals surface area contributed by atoms with Gasteiger partial charge in [0.05, 0.1) is 31.6 Å². The smallest absolute Gasteiger partial charge is 0.475 e. The number of amides is 1. The lowest BCUT2D eigenvalue weighted by molar-refractivity contribution is -0.193. The number of alkyl halides is 6. The molecule has 0 saturated carbocycles. The molecule has 0 aliphatic carbocycles. The molecule has 2 saturated heterocycles. The summed E-state index contributed by atoms with van der Waals surface area (Å²) in [7, 11) is 2.02. The van der Waals surface area contributed by atoms with Crippen LogP contribution in [0.1, 0.15) is 22.6 Å². The van der Waals surface area contributed by atoms with Crippen LogP contribution in [0.5, 0.6) is 0 Å². The van der Waals surface area contributed by atoms with Crippen LogP contribution in [0.15, 0.2) is 35.4 Å². The van der Waals surface area contributed by atoms with Crippen molar-refractivity contribution in [2.75, 3.05) is 39.4 Å². The molecule has 11 nitrogen and oxygen atoms in total. The third kappa shape index (κ3) is 9.58. The number of aryl methyl sites for hydroxylation is 1. The highest BCUT2D eigenvalue weighted by Crippen LogP contribution is 2.34. The van der Waals surface area contributed by atoms with E-state index in [2.05, 4.69) is 14.5 Å². The molecule has 39 heavy (non-hydrogen) atoms. The van der Waals surface area contributed by atoms with Gasteiger partial charge in [0.25, 0.3) is 5.91 Å². The number of furan rings is 1. The quantitative estimate of drug-likeness (QED) is 0.532. The summed E-state index contributed by atoms with van der Waals surface area (Å²) < 4.78 is 76.5. The Balaban J connectivity index is 0.000000317. The summed E-state index contributed by atoms with van der Waals surface area (Å²) in [5.74, 6) is -4.42. The van der Waals surface area contributed by atoms with Crippen molar-refractivity contribution in [2.24, 2.45) is 12.5 Å². The first-order chi connectivity index (χ1) is 18.0. The van der Waals surface area contributed by atoms with Crippen molar-refractivity contribution in [3.8, 4) is 0 Å². The molecule has 2 aliphatic heterocycles. The summed E-state index contributed by atoms with van der Waals surface area (Å²) in [5, 5.41) is 14.2. The van der Waals surface area contributed by atoms with E-state index in [1.807, 2.05) is 24.3 Å². The lowest BCUT2D eigenvalue weighted by Gasteiger charge is -2.31. The Morgan fingerprint density at radius 3 is 2.15 bits per heavy atom. The van der Waals surface area contributed by atoms with Crippen molar-refractivity contribution in [3.05, 3.63) is 42.4 Å². The van der Waals surface area contributed by atoms with Gasteiger partial charge in [-0.2, -0.15) is 26.3 Å². The number of carboxylic acid groups (broad SMARTS) is 2. The number of aliphatic carboxylic acids is 2. The van der Waals surface area contributed by atoms with Gasteiger partial charge in [-0.15, -0.1) is 0 Å². The molecule has 0 aromatic carbocycles. The molecular formula is C22H26F6N4O7. The number of carboxylic acids is 2. The Kier molecular flexibility index (Phi) is 10.5. The second-order valence-corrected chi connectivity index (χ2v) is 8.81. The van der Waals surface area contributed by atoms with Gasteiger partial charge in [0, 0.05) is 44.5 Å². The Hall–Kier alpha value is -3.60. The average Bonchev–Trinajstić information content (AvgIpc) is 3.55. The zero-order chi connectivity index (χ0) is 29.4. The van der Waals surface area contributed by atoms with E-state index in [1.54, 1.807) is 12.3 Å². The number of halogens is 6. The SMILES string of the molecule is Cn1ccnc1CN1CCC2(COCCN(C(=O)c3ccoc3)C2)C1.O=C(O)C(F)(F)F.O=C(O)C(F)(F)F. The summed E-state index contributed by atoms with van der Waals surface area (Å²) in [6.45, 7) is 5.42. The van der Waals surface area contributed by atoms with Gasteiger partial charge in [0.1, 0.15) is 12.1 Å². The number of hydrogen-bond acceptors (Lipinski definition) is 7. The van der Waals surface area contributed by atoms with Crippen molar-refractivity contribution in [1.82, 2.24) is 19.4 Å². The molecule has 2 fully saturated rings. The van der Waals surface area contributed by atoms with Crippen LogP contribution >= 0.6 is 0 Å². The molecule has 1 spiro atoms. The first kappa shape index (κ1) is 31.6. The molecule has 4 rings (SSSR count). The predicted octanol–water partition coefficient (Wildman–Crippen LogP) is 2.64. The number of imidazole rings is 1. The van der Waals surface area contributed by atoms with Gasteiger partial charge in [-0.1, -0.05) is 0 Å². The zero-order valence-electron chi connectivity index (χ0n) is 20.5. The molecule has 2 N–H and O–H groups in total. The molecule has 218 valence electrons. The van der Waals surface area contributed by atoms with Crippen molar-refractivity contribution < 1.29 is 60.1 Å². The highest BCUT2D eigenvalue weighted by Gasteiger charge is 2.42. The Morgan fingerprint density at radius 1 is 1.05 bits per heavy atom. The summed E-state index contributed by atoms with van der Waals surface area (Å²) in [4.78, 5) is 39.3. The van der Waals surface area contributed by atoms with E-state index in [-0.39, 0.29) is 11.3 Å². The molecule has 2 aromatic heterocycles. The molecule has 1 unspecified atom stereocenters. The monoisotopic (exact) mass is 572 g/mol. The van der Waals surface area contributed by atoms with E-state index in [4.69, 9.17) is 29.0 Å². The molecule has 0 radical (unpaired) electrons. The fraction of sp³-hybridized carbons (Fsp3) is 0.545. The predicted molar refractivity (Wildman–Crippen MR) is 118 cm³/mol. The molecular weight excluding hydrogens is 546 g/mol. The molecule has 1 atom stereocenters. The fourth-order valence-corrected chi connectivity index (χ4v) is 3.89. The highest BCUT2D eigenvalue weighted by molar-refractivity contribution is 5.93. The average molecular weight is 572 g/mol. The number of rotatable bonds is 3. The van der Waals surface area contributed by atoms with Crippen LogP contribution in [-0.2, 0) is 27.9 Å². The van der Waals surface area contributed by atoms with Crippen LogP contribution in [0.2, 0.25) is 0 Å². The lowest BCUT2D eigenvalue weighted by Crippen LogP contribution is -2.43. The van der Waals surface area contributed by atoms with Crippen molar-refractivity contribution >= 4 is 17.8 Å². The van der Waals surface area contributed by atoms with Crippen molar-refractivity contribution in [1.29, 1.82) is 0 Å². The van der Waals surface area contributed by atoms with E-state index in [1.165, 1.54) is 6.26 Å². The minimum atomic E-state index is -5.08. The number of likely N-dealkylation sites (tertiary alicyclic amines) is 1. The van der Waals surface area contributed by atoms with Gasteiger partial charge in [-0.25, -0.2) is 14.6 Å². The second-order valence-electron chi connectivity index (χ2n) is 8.81. The zero-order valence-corrected chi connectivity index (χ0v) is 20.5. The number of carbonyl (C=O) groups is 3. The Labute approximate surface area is 217 Å². The van der Waals surface area contributed by atoms with Crippen LogP contribution in [-0.4, -0.2) is 99.2 Å². The van der Waals surface area contributed by atoms with Crippen molar-refractivity contribution in [2.45, 2.75) is 25.3 Å². The van der Waals surface area contributed by atoms with Crippen LogP contribution < -0.4 is 0 Å². The second kappa shape index (κ2) is 13.0. The largest absolute Gasteiger partial charge is 0.490 e. The standard InChI is InChI=1S/C18H24N4O3.2C2HF3O2/c1-20-6-4-19-16(20)10-21-5-3-18(12-21)13-22(7-9-25-14-18)17(23)15-2-8-24-11-15;2*3-2(4,5)1(6)7/h2,4,6,8,11H,3,5,7,9-10,12-14H2,1H3;2*(H,6,7). The van der Waals surface area contributed by atoms with Gasteiger partial charge in [-0.05, 0) is 19.0 Å². The summed E-state index contributed by atoms with van der Waals surface area (Å²) in [6, 6.07) is 1.72. The minimum Gasteiger partial charge on any atom is -0.475 e. The topological polar surface area (TPSA) is 138 Å². The maximum atomic E-state index is 12.7. The summed E-state index contributed by atoms with van der Waals surface area (Å²) >= 11 is 0. The van der Waals surface area contributed by atoms with Gasteiger partial charge in [0.15, 0.2) is 0 Å². The van der Waals surface area contributed by atoms with Crippen LogP contribution in [0, 0.1) is 5.41 Å². The van der Waals surface area contributed by atoms with Crippen LogP contribution in [0.4, 0.5) is 26.3 Å². The first-order valence-corrected chi connectivity index (χ1v) is 11.2. The number of ether oxygens (including phenoxy) is 1. The third-order valence-corrected chi connectivity index (χ3v) is 5.78. The third-order valence-electron chi connectivity index (χ3n) is 5.78. The van der Waals surface area contributed by atoms with Gasteiger partial charge >= 0.3 is 24.3 Å². The highest BCUT2D eigenvalue weighted by atomic mass is 19.4. The first-order valence-electron chi connectivity index (χ1n) is 11.2. The molecule has 1 amide bonds.